The smallest absolute Gasteiger partial charge is 0.187 e. The number of aliphatic hydroxyl groups is 7. The van der Waals surface area contributed by atoms with E-state index >= 15 is 0 Å². The third-order valence-corrected chi connectivity index (χ3v) is 5.75. The number of hydrogen-bond acceptors (Lipinski definition) is 12. The Hall–Kier alpha value is -1.71. The van der Waals surface area contributed by atoms with Gasteiger partial charge in [-0.2, -0.15) is 0 Å². The Labute approximate surface area is 182 Å². The predicted molar refractivity (Wildman–Crippen MR) is 103 cm³/mol. The molecule has 3 rings (SSSR count). The maximum atomic E-state index is 12.6. The summed E-state index contributed by atoms with van der Waals surface area (Å²) in [5.41, 5.74) is 0.220. The lowest BCUT2D eigenvalue weighted by molar-refractivity contribution is -0.350. The number of benzene rings is 1. The number of ether oxygens (including phenoxy) is 3. The molecular weight excluding hydrogens is 432 g/mol. The quantitative estimate of drug-likeness (QED) is 0.190. The van der Waals surface area contributed by atoms with Gasteiger partial charge in [0.15, 0.2) is 18.4 Å². The molecule has 0 aliphatic carbocycles. The van der Waals surface area contributed by atoms with E-state index in [1.807, 2.05) is 0 Å². The Morgan fingerprint density at radius 1 is 0.844 bits per heavy atom. The molecule has 2 aliphatic heterocycles. The molecule has 2 saturated heterocycles. The number of phenolic OH excluding ortho intramolecular Hbond substituents is 1. The van der Waals surface area contributed by atoms with E-state index in [1.165, 1.54) is 24.3 Å². The molecule has 0 spiro atoms. The van der Waals surface area contributed by atoms with Crippen molar-refractivity contribution in [2.24, 2.45) is 5.92 Å². The third-order valence-electron chi connectivity index (χ3n) is 5.75. The van der Waals surface area contributed by atoms with Gasteiger partial charge < -0.3 is 55.1 Å². The van der Waals surface area contributed by atoms with Crippen molar-refractivity contribution in [3.8, 4) is 5.75 Å². The summed E-state index contributed by atoms with van der Waals surface area (Å²) in [6, 6.07) is 5.37. The highest BCUT2D eigenvalue weighted by Crippen LogP contribution is 2.33. The molecule has 0 amide bonds. The van der Waals surface area contributed by atoms with Gasteiger partial charge in [-0.15, -0.1) is 0 Å². The first-order valence-electron chi connectivity index (χ1n) is 10.1. The van der Waals surface area contributed by atoms with Gasteiger partial charge >= 0.3 is 0 Å². The molecule has 180 valence electrons. The normalized spacial score (nSPS) is 40.2. The van der Waals surface area contributed by atoms with Crippen LogP contribution in [0, 0.1) is 5.92 Å². The molecule has 0 unspecified atom stereocenters. The first kappa shape index (κ1) is 24.9. The number of aromatic hydroxyl groups is 1. The van der Waals surface area contributed by atoms with Crippen molar-refractivity contribution < 1.29 is 59.9 Å². The molecule has 1 aromatic carbocycles. The average molecular weight is 460 g/mol. The van der Waals surface area contributed by atoms with E-state index in [1.54, 1.807) is 0 Å². The first-order chi connectivity index (χ1) is 15.2. The first-order valence-corrected chi connectivity index (χ1v) is 10.1. The van der Waals surface area contributed by atoms with E-state index in [4.69, 9.17) is 14.2 Å². The highest BCUT2D eigenvalue weighted by atomic mass is 16.7. The minimum Gasteiger partial charge on any atom is -0.508 e. The minimum atomic E-state index is -1.76. The van der Waals surface area contributed by atoms with E-state index in [0.717, 1.165) is 0 Å². The molecule has 1 aromatic rings. The van der Waals surface area contributed by atoms with E-state index in [2.05, 4.69) is 0 Å². The van der Waals surface area contributed by atoms with Crippen molar-refractivity contribution in [2.75, 3.05) is 13.2 Å². The second kappa shape index (κ2) is 10.5. The van der Waals surface area contributed by atoms with Gasteiger partial charge in [-0.25, -0.2) is 0 Å². The van der Waals surface area contributed by atoms with Crippen LogP contribution in [0.25, 0.3) is 0 Å². The Bertz CT molecular complexity index is 755. The van der Waals surface area contributed by atoms with Gasteiger partial charge in [0.05, 0.1) is 19.3 Å². The van der Waals surface area contributed by atoms with Crippen LogP contribution in [0.2, 0.25) is 0 Å². The predicted octanol–water partition coefficient (Wildman–Crippen LogP) is -3.16. The van der Waals surface area contributed by atoms with Crippen LogP contribution in [0.5, 0.6) is 5.75 Å². The summed E-state index contributed by atoms with van der Waals surface area (Å²) in [6.45, 7) is -1.39. The van der Waals surface area contributed by atoms with Gasteiger partial charge in [0, 0.05) is 17.9 Å². The van der Waals surface area contributed by atoms with E-state index in [-0.39, 0.29) is 17.7 Å². The fourth-order valence-corrected chi connectivity index (χ4v) is 3.84. The molecule has 0 aromatic heterocycles. The van der Waals surface area contributed by atoms with Gasteiger partial charge in [0.2, 0.25) is 0 Å². The lowest BCUT2D eigenvalue weighted by Gasteiger charge is -2.46. The topological polar surface area (TPSA) is 207 Å². The number of carbonyl (C=O) groups is 1. The monoisotopic (exact) mass is 460 g/mol. The number of aliphatic hydroxyl groups excluding tert-OH is 7. The van der Waals surface area contributed by atoms with Crippen LogP contribution in [0.3, 0.4) is 0 Å². The number of hydrogen-bond donors (Lipinski definition) is 8. The van der Waals surface area contributed by atoms with Crippen LogP contribution in [-0.2, 0) is 14.2 Å². The second-order valence-corrected chi connectivity index (χ2v) is 7.87. The number of phenols is 1. The number of Topliss-reactive ketones (excluding diaryl/α,β-unsaturated/α-hetero) is 1. The number of ketones is 1. The largest absolute Gasteiger partial charge is 0.508 e. The Kier molecular flexibility index (Phi) is 8.16. The summed E-state index contributed by atoms with van der Waals surface area (Å²) < 4.78 is 16.1. The molecule has 2 heterocycles. The van der Waals surface area contributed by atoms with Crippen molar-refractivity contribution in [1.29, 1.82) is 0 Å². The molecule has 12 nitrogen and oxygen atoms in total. The molecule has 0 radical (unpaired) electrons. The van der Waals surface area contributed by atoms with E-state index in [0.29, 0.717) is 0 Å². The number of rotatable bonds is 7. The van der Waals surface area contributed by atoms with Crippen molar-refractivity contribution >= 4 is 5.78 Å². The molecule has 32 heavy (non-hydrogen) atoms. The third kappa shape index (κ3) is 5.10. The molecule has 10 atom stereocenters. The SMILES string of the molecule is O=C(C[C@@H]1[C@@H](O)[C@H](O[C@@H]2O[C@H](CO)[C@H](O)[C@H](O)[C@H]2O)[C@@H](CO)O[C@@H]1O)c1ccc(O)cc1. The van der Waals surface area contributed by atoms with Crippen LogP contribution in [0.15, 0.2) is 24.3 Å². The van der Waals surface area contributed by atoms with E-state index in [9.17, 15) is 45.6 Å². The van der Waals surface area contributed by atoms with Gasteiger partial charge in [0.25, 0.3) is 0 Å². The van der Waals surface area contributed by atoms with Crippen LogP contribution in [0.1, 0.15) is 16.8 Å². The highest BCUT2D eigenvalue weighted by Gasteiger charge is 2.50. The summed E-state index contributed by atoms with van der Waals surface area (Å²) >= 11 is 0. The lowest BCUT2D eigenvalue weighted by Crippen LogP contribution is -2.63. The molecule has 8 N–H and O–H groups in total. The van der Waals surface area contributed by atoms with Crippen LogP contribution >= 0.6 is 0 Å². The van der Waals surface area contributed by atoms with Gasteiger partial charge in [-0.3, -0.25) is 4.79 Å². The van der Waals surface area contributed by atoms with Crippen LogP contribution in [0.4, 0.5) is 0 Å². The van der Waals surface area contributed by atoms with Crippen LogP contribution < -0.4 is 0 Å². The maximum absolute atomic E-state index is 12.6. The van der Waals surface area contributed by atoms with Crippen molar-refractivity contribution in [1.82, 2.24) is 0 Å². The van der Waals surface area contributed by atoms with Crippen molar-refractivity contribution in [3.05, 3.63) is 29.8 Å². The second-order valence-electron chi connectivity index (χ2n) is 7.87. The summed E-state index contributed by atoms with van der Waals surface area (Å²) in [7, 11) is 0. The Morgan fingerprint density at radius 3 is 2.06 bits per heavy atom. The maximum Gasteiger partial charge on any atom is 0.187 e. The van der Waals surface area contributed by atoms with Gasteiger partial charge in [-0.05, 0) is 24.3 Å². The van der Waals surface area contributed by atoms with E-state index < -0.39 is 80.2 Å². The Balaban J connectivity index is 1.75. The molecule has 2 fully saturated rings. The zero-order chi connectivity index (χ0) is 23.6. The highest BCUT2D eigenvalue weighted by molar-refractivity contribution is 5.96. The summed E-state index contributed by atoms with van der Waals surface area (Å²) in [6.07, 6.45) is -14.2. The standard InChI is InChI=1S/C20H28O12/c21-6-12-15(26)16(27)17(28)20(31-12)32-18-13(7-22)30-19(29)10(14(18)25)5-11(24)8-1-3-9(23)4-2-8/h1-4,10,12-23,25-29H,5-7H2/t10-,12-,13-,14-,15+,16+,17-,18-,19+,20+/m1/s1. The summed E-state index contributed by atoms with van der Waals surface area (Å²) in [5, 5.41) is 79.4. The molecule has 0 saturated carbocycles. The average Bonchev–Trinajstić information content (AvgIpc) is 2.78. The van der Waals surface area contributed by atoms with Gasteiger partial charge in [0.1, 0.15) is 42.4 Å². The molecule has 2 aliphatic rings. The van der Waals surface area contributed by atoms with Crippen LogP contribution in [-0.4, -0.2) is 115 Å². The Morgan fingerprint density at radius 2 is 1.47 bits per heavy atom. The minimum absolute atomic E-state index is 0.0404. The fourth-order valence-electron chi connectivity index (χ4n) is 3.84. The zero-order valence-electron chi connectivity index (χ0n) is 16.9. The zero-order valence-corrected chi connectivity index (χ0v) is 16.9. The summed E-state index contributed by atoms with van der Waals surface area (Å²) in [5.74, 6) is -1.69. The molecule has 0 bridgehead atoms. The molecular formula is C20H28O12. The molecule has 12 heteroatoms. The van der Waals surface area contributed by atoms with Gasteiger partial charge in [-0.1, -0.05) is 0 Å². The number of carbonyl (C=O) groups excluding carboxylic acids is 1. The fraction of sp³-hybridized carbons (Fsp3) is 0.650. The lowest BCUT2D eigenvalue weighted by atomic mass is 9.85. The van der Waals surface area contributed by atoms with Crippen molar-refractivity contribution in [3.63, 3.8) is 0 Å². The summed E-state index contributed by atoms with van der Waals surface area (Å²) in [4.78, 5) is 12.6. The van der Waals surface area contributed by atoms with Crippen molar-refractivity contribution in [2.45, 2.75) is 61.7 Å².